The zero-order valence-electron chi connectivity index (χ0n) is 17.4. The quantitative estimate of drug-likeness (QED) is 0.710. The zero-order valence-corrected chi connectivity index (χ0v) is 18.2. The summed E-state index contributed by atoms with van der Waals surface area (Å²) >= 11 is 0. The second-order valence-electron chi connectivity index (χ2n) is 7.85. The Hall–Kier alpha value is -2.65. The van der Waals surface area contributed by atoms with Crippen molar-refractivity contribution >= 4 is 21.8 Å². The first-order valence-corrected chi connectivity index (χ1v) is 11.6. The molecule has 30 heavy (non-hydrogen) atoms. The summed E-state index contributed by atoms with van der Waals surface area (Å²) < 4.78 is 30.6. The minimum absolute atomic E-state index is 0.102. The molecule has 1 aliphatic rings. The first kappa shape index (κ1) is 22.0. The van der Waals surface area contributed by atoms with E-state index in [0.29, 0.717) is 12.2 Å². The minimum Gasteiger partial charge on any atom is -0.469 e. The van der Waals surface area contributed by atoms with Crippen molar-refractivity contribution in [3.05, 3.63) is 59.5 Å². The molecule has 1 aliphatic heterocycles. The van der Waals surface area contributed by atoms with Crippen LogP contribution in [0.25, 0.3) is 0 Å². The van der Waals surface area contributed by atoms with Crippen LogP contribution >= 0.6 is 0 Å². The largest absolute Gasteiger partial charge is 0.469 e. The average Bonchev–Trinajstić information content (AvgIpc) is 3.19. The molecule has 3 rings (SSSR count). The Morgan fingerprint density at radius 3 is 2.53 bits per heavy atom. The third-order valence-electron chi connectivity index (χ3n) is 5.39. The maximum absolute atomic E-state index is 13.2. The standard InChI is InChI=1S/C21H27N3O5S/c1-16-6-8-17(9-7-16)13-22-20(26)21(2)15-23(30(3,27)28)14-19(25)24(21)11-10-18-5-4-12-29-18/h4-9,12H,10-11,13-15H2,1-3H3,(H,22,26). The molecule has 162 valence electrons. The number of rotatable bonds is 7. The van der Waals surface area contributed by atoms with E-state index in [-0.39, 0.29) is 26.2 Å². The van der Waals surface area contributed by atoms with Crippen molar-refractivity contribution < 1.29 is 22.4 Å². The molecule has 0 bridgehead atoms. The molecule has 9 heteroatoms. The normalized spacial score (nSPS) is 20.4. The fourth-order valence-electron chi connectivity index (χ4n) is 3.55. The third-order valence-corrected chi connectivity index (χ3v) is 6.58. The van der Waals surface area contributed by atoms with Crippen LogP contribution in [0.5, 0.6) is 0 Å². The average molecular weight is 434 g/mol. The highest BCUT2D eigenvalue weighted by molar-refractivity contribution is 7.88. The van der Waals surface area contributed by atoms with Gasteiger partial charge >= 0.3 is 0 Å². The van der Waals surface area contributed by atoms with E-state index in [9.17, 15) is 18.0 Å². The summed E-state index contributed by atoms with van der Waals surface area (Å²) in [5, 5.41) is 2.87. The second-order valence-corrected chi connectivity index (χ2v) is 9.83. The van der Waals surface area contributed by atoms with Crippen LogP contribution < -0.4 is 5.32 Å². The van der Waals surface area contributed by atoms with Crippen LogP contribution in [0, 0.1) is 6.92 Å². The molecule has 0 aliphatic carbocycles. The van der Waals surface area contributed by atoms with Crippen molar-refractivity contribution in [2.24, 2.45) is 0 Å². The Morgan fingerprint density at radius 2 is 1.93 bits per heavy atom. The lowest BCUT2D eigenvalue weighted by molar-refractivity contribution is -0.152. The molecule has 1 aromatic heterocycles. The van der Waals surface area contributed by atoms with E-state index in [4.69, 9.17) is 4.42 Å². The highest BCUT2D eigenvalue weighted by Crippen LogP contribution is 2.25. The van der Waals surface area contributed by atoms with Crippen molar-refractivity contribution in [2.75, 3.05) is 25.9 Å². The number of nitrogens with zero attached hydrogens (tertiary/aromatic N) is 2. The fourth-order valence-corrected chi connectivity index (χ4v) is 4.38. The van der Waals surface area contributed by atoms with E-state index in [0.717, 1.165) is 21.7 Å². The van der Waals surface area contributed by atoms with Crippen molar-refractivity contribution in [1.29, 1.82) is 0 Å². The van der Waals surface area contributed by atoms with Gasteiger partial charge in [-0.15, -0.1) is 0 Å². The molecule has 1 fully saturated rings. The first-order chi connectivity index (χ1) is 14.1. The van der Waals surface area contributed by atoms with Crippen LogP contribution in [0.2, 0.25) is 0 Å². The van der Waals surface area contributed by atoms with Crippen LogP contribution in [-0.2, 0) is 32.6 Å². The van der Waals surface area contributed by atoms with Gasteiger partial charge in [0.2, 0.25) is 21.8 Å². The maximum atomic E-state index is 13.2. The number of carbonyl (C=O) groups excluding carboxylic acids is 2. The summed E-state index contributed by atoms with van der Waals surface area (Å²) in [5.41, 5.74) is 0.694. The minimum atomic E-state index is -3.63. The molecule has 1 atom stereocenters. The van der Waals surface area contributed by atoms with Gasteiger partial charge in [0, 0.05) is 26.1 Å². The number of sulfonamides is 1. The Morgan fingerprint density at radius 1 is 1.23 bits per heavy atom. The molecule has 2 aromatic rings. The van der Waals surface area contributed by atoms with Gasteiger partial charge in [-0.3, -0.25) is 9.59 Å². The lowest BCUT2D eigenvalue weighted by atomic mass is 9.95. The molecule has 0 spiro atoms. The lowest BCUT2D eigenvalue weighted by Crippen LogP contribution is -2.69. The molecular weight excluding hydrogens is 406 g/mol. The number of benzene rings is 1. The van der Waals surface area contributed by atoms with Crippen molar-refractivity contribution in [2.45, 2.75) is 32.4 Å². The molecule has 2 amide bonds. The monoisotopic (exact) mass is 433 g/mol. The van der Waals surface area contributed by atoms with E-state index in [1.807, 2.05) is 31.2 Å². The van der Waals surface area contributed by atoms with Gasteiger partial charge in [-0.25, -0.2) is 8.42 Å². The van der Waals surface area contributed by atoms with Gasteiger partial charge < -0.3 is 14.6 Å². The van der Waals surface area contributed by atoms with E-state index in [2.05, 4.69) is 5.32 Å². The van der Waals surface area contributed by atoms with E-state index in [1.165, 1.54) is 4.90 Å². The van der Waals surface area contributed by atoms with Gasteiger partial charge in [0.15, 0.2) is 0 Å². The predicted molar refractivity (Wildman–Crippen MR) is 112 cm³/mol. The smallest absolute Gasteiger partial charge is 0.247 e. The van der Waals surface area contributed by atoms with Gasteiger partial charge in [0.05, 0.1) is 19.1 Å². The Balaban J connectivity index is 1.80. The molecule has 0 radical (unpaired) electrons. The Bertz CT molecular complexity index is 1000. The summed E-state index contributed by atoms with van der Waals surface area (Å²) in [7, 11) is -3.63. The number of furan rings is 1. The van der Waals surface area contributed by atoms with Crippen molar-refractivity contribution in [3.63, 3.8) is 0 Å². The number of carbonyl (C=O) groups is 2. The second kappa shape index (κ2) is 8.61. The highest BCUT2D eigenvalue weighted by atomic mass is 32.2. The van der Waals surface area contributed by atoms with E-state index >= 15 is 0 Å². The maximum Gasteiger partial charge on any atom is 0.247 e. The van der Waals surface area contributed by atoms with Crippen LogP contribution in [0.1, 0.15) is 23.8 Å². The lowest BCUT2D eigenvalue weighted by Gasteiger charge is -2.46. The van der Waals surface area contributed by atoms with Gasteiger partial charge in [-0.1, -0.05) is 29.8 Å². The molecule has 8 nitrogen and oxygen atoms in total. The predicted octanol–water partition coefficient (Wildman–Crippen LogP) is 1.31. The summed E-state index contributed by atoms with van der Waals surface area (Å²) in [5.74, 6) is -0.119. The third kappa shape index (κ3) is 4.91. The van der Waals surface area contributed by atoms with Crippen LogP contribution in [-0.4, -0.2) is 60.9 Å². The SMILES string of the molecule is Cc1ccc(CNC(=O)C2(C)CN(S(C)(=O)=O)CC(=O)N2CCc2ccco2)cc1. The summed E-state index contributed by atoms with van der Waals surface area (Å²) in [4.78, 5) is 27.5. The van der Waals surface area contributed by atoms with Gasteiger partial charge in [-0.2, -0.15) is 4.31 Å². The number of hydrogen-bond acceptors (Lipinski definition) is 5. The van der Waals surface area contributed by atoms with Gasteiger partial charge in [-0.05, 0) is 31.5 Å². The van der Waals surface area contributed by atoms with Gasteiger partial charge in [0.1, 0.15) is 11.3 Å². The molecule has 0 saturated carbocycles. The first-order valence-electron chi connectivity index (χ1n) is 9.71. The summed E-state index contributed by atoms with van der Waals surface area (Å²) in [6.45, 7) is 3.74. The summed E-state index contributed by atoms with van der Waals surface area (Å²) in [6.07, 6.45) is 3.02. The molecule has 1 unspecified atom stereocenters. The number of amides is 2. The molecule has 1 aromatic carbocycles. The Labute approximate surface area is 176 Å². The molecule has 1 N–H and O–H groups in total. The molecule has 1 saturated heterocycles. The number of hydrogen-bond donors (Lipinski definition) is 1. The molecule has 2 heterocycles. The number of nitrogens with one attached hydrogen (secondary N) is 1. The van der Waals surface area contributed by atoms with Crippen molar-refractivity contribution in [1.82, 2.24) is 14.5 Å². The highest BCUT2D eigenvalue weighted by Gasteiger charge is 2.49. The number of piperazine rings is 1. The van der Waals surface area contributed by atoms with E-state index < -0.39 is 27.4 Å². The van der Waals surface area contributed by atoms with Crippen LogP contribution in [0.15, 0.2) is 47.1 Å². The van der Waals surface area contributed by atoms with Crippen molar-refractivity contribution in [3.8, 4) is 0 Å². The summed E-state index contributed by atoms with van der Waals surface area (Å²) in [6, 6.07) is 11.3. The topological polar surface area (TPSA) is 99.9 Å². The molecular formula is C21H27N3O5S. The Kier molecular flexibility index (Phi) is 6.33. The zero-order chi connectivity index (χ0) is 21.9. The number of aryl methyl sites for hydroxylation is 1. The van der Waals surface area contributed by atoms with Gasteiger partial charge in [0.25, 0.3) is 0 Å². The fraction of sp³-hybridized carbons (Fsp3) is 0.429. The van der Waals surface area contributed by atoms with Crippen LogP contribution in [0.4, 0.5) is 0 Å². The van der Waals surface area contributed by atoms with Crippen LogP contribution in [0.3, 0.4) is 0 Å². The van der Waals surface area contributed by atoms with E-state index in [1.54, 1.807) is 25.3 Å².